The Kier molecular flexibility index (Phi) is 8.58. The van der Waals surface area contributed by atoms with E-state index in [1.807, 2.05) is 18.2 Å². The molecule has 0 radical (unpaired) electrons. The number of hydrogen-bond donors (Lipinski definition) is 3. The van der Waals surface area contributed by atoms with Gasteiger partial charge in [-0.2, -0.15) is 5.10 Å². The molecule has 30 heavy (non-hydrogen) atoms. The van der Waals surface area contributed by atoms with Gasteiger partial charge in [0, 0.05) is 31.9 Å². The summed E-state index contributed by atoms with van der Waals surface area (Å²) in [7, 11) is 0. The molecule has 0 saturated carbocycles. The van der Waals surface area contributed by atoms with E-state index in [2.05, 4.69) is 26.1 Å². The number of amides is 1. The first-order valence-corrected chi connectivity index (χ1v) is 10.4. The molecule has 1 aliphatic rings. The fraction of sp³-hybridized carbons (Fsp3) is 0.286. The smallest absolute Gasteiger partial charge is 0.257 e. The van der Waals surface area contributed by atoms with Gasteiger partial charge in [0.25, 0.3) is 5.91 Å². The van der Waals surface area contributed by atoms with Crippen LogP contribution in [0.5, 0.6) is 0 Å². The quantitative estimate of drug-likeness (QED) is 0.345. The summed E-state index contributed by atoms with van der Waals surface area (Å²) in [6.45, 7) is 5.11. The number of nitrogens with zero attached hydrogens (tertiary/aromatic N) is 2. The number of nitrogens with one attached hydrogen (secondary N) is 3. The summed E-state index contributed by atoms with van der Waals surface area (Å²) in [4.78, 5) is 14.7. The maximum absolute atomic E-state index is 12.4. The summed E-state index contributed by atoms with van der Waals surface area (Å²) >= 11 is 11.3. The van der Waals surface area contributed by atoms with Crippen LogP contribution >= 0.6 is 23.8 Å². The first-order valence-electron chi connectivity index (χ1n) is 9.65. The molecule has 1 aliphatic heterocycles. The third kappa shape index (κ3) is 7.07. The summed E-state index contributed by atoms with van der Waals surface area (Å²) in [5.41, 5.74) is 4.69. The highest BCUT2D eigenvalue weighted by atomic mass is 35.5. The number of morpholine rings is 1. The molecule has 1 saturated heterocycles. The zero-order chi connectivity index (χ0) is 21.2. The second kappa shape index (κ2) is 11.6. The van der Waals surface area contributed by atoms with Crippen molar-refractivity contribution in [2.24, 2.45) is 5.10 Å². The van der Waals surface area contributed by atoms with E-state index < -0.39 is 0 Å². The average molecular weight is 446 g/mol. The standard InChI is InChI=1S/C21H24ClN5O2S/c22-19-7-2-1-6-18(19)20(28)25-17-5-3-4-16(14-17)15-24-26-21(30)23-8-9-27-10-12-29-13-11-27/h1-7,14-15H,8-13H2,(H,25,28)(H2,23,26,30)/b24-15+. The van der Waals surface area contributed by atoms with Gasteiger partial charge in [-0.3, -0.25) is 15.1 Å². The molecular formula is C21H24ClN5O2S. The van der Waals surface area contributed by atoms with Crippen molar-refractivity contribution in [3.05, 3.63) is 64.7 Å². The topological polar surface area (TPSA) is 78.0 Å². The Labute approximate surface area is 186 Å². The van der Waals surface area contributed by atoms with Gasteiger partial charge in [0.15, 0.2) is 5.11 Å². The molecule has 9 heteroatoms. The van der Waals surface area contributed by atoms with E-state index in [1.54, 1.807) is 36.5 Å². The third-order valence-corrected chi connectivity index (χ3v) is 5.03. The number of halogens is 1. The lowest BCUT2D eigenvalue weighted by atomic mass is 10.2. The predicted molar refractivity (Wildman–Crippen MR) is 124 cm³/mol. The summed E-state index contributed by atoms with van der Waals surface area (Å²) in [5, 5.41) is 11.0. The van der Waals surface area contributed by atoms with E-state index in [0.717, 1.165) is 45.0 Å². The lowest BCUT2D eigenvalue weighted by Gasteiger charge is -2.26. The third-order valence-electron chi connectivity index (χ3n) is 4.46. The molecule has 3 N–H and O–H groups in total. The largest absolute Gasteiger partial charge is 0.379 e. The molecule has 0 aromatic heterocycles. The normalized spacial score (nSPS) is 14.4. The number of anilines is 1. The Morgan fingerprint density at radius 1 is 1.20 bits per heavy atom. The van der Waals surface area contributed by atoms with Crippen molar-refractivity contribution in [2.45, 2.75) is 0 Å². The minimum Gasteiger partial charge on any atom is -0.379 e. The number of rotatable bonds is 7. The average Bonchev–Trinajstić information content (AvgIpc) is 2.75. The van der Waals surface area contributed by atoms with Gasteiger partial charge < -0.3 is 15.4 Å². The van der Waals surface area contributed by atoms with Gasteiger partial charge in [0.2, 0.25) is 0 Å². The van der Waals surface area contributed by atoms with Gasteiger partial charge >= 0.3 is 0 Å². The van der Waals surface area contributed by atoms with Crippen molar-refractivity contribution in [3.63, 3.8) is 0 Å². The second-order valence-corrected chi connectivity index (χ2v) is 7.45. The molecular weight excluding hydrogens is 422 g/mol. The summed E-state index contributed by atoms with van der Waals surface area (Å²) in [6, 6.07) is 14.3. The van der Waals surface area contributed by atoms with Gasteiger partial charge in [0.1, 0.15) is 0 Å². The van der Waals surface area contributed by atoms with Crippen LogP contribution < -0.4 is 16.1 Å². The highest BCUT2D eigenvalue weighted by Gasteiger charge is 2.10. The van der Waals surface area contributed by atoms with Crippen LogP contribution in [-0.2, 0) is 4.74 Å². The van der Waals surface area contributed by atoms with Crippen LogP contribution in [0.3, 0.4) is 0 Å². The summed E-state index contributed by atoms with van der Waals surface area (Å²) < 4.78 is 5.33. The minimum absolute atomic E-state index is 0.265. The number of carbonyl (C=O) groups is 1. The minimum atomic E-state index is -0.265. The number of hydrazone groups is 1. The fourth-order valence-corrected chi connectivity index (χ4v) is 3.27. The van der Waals surface area contributed by atoms with Crippen LogP contribution in [0, 0.1) is 0 Å². The van der Waals surface area contributed by atoms with E-state index in [-0.39, 0.29) is 5.91 Å². The van der Waals surface area contributed by atoms with E-state index >= 15 is 0 Å². The highest BCUT2D eigenvalue weighted by Crippen LogP contribution is 2.17. The first-order chi connectivity index (χ1) is 14.6. The van der Waals surface area contributed by atoms with Gasteiger partial charge in [-0.25, -0.2) is 0 Å². The second-order valence-electron chi connectivity index (χ2n) is 6.64. The van der Waals surface area contributed by atoms with E-state index in [1.165, 1.54) is 0 Å². The number of ether oxygens (including phenoxy) is 1. The van der Waals surface area contributed by atoms with Gasteiger partial charge in [-0.1, -0.05) is 35.9 Å². The molecule has 2 aromatic rings. The molecule has 0 aliphatic carbocycles. The van der Waals surface area contributed by atoms with Crippen LogP contribution in [-0.4, -0.2) is 61.5 Å². The van der Waals surface area contributed by atoms with Crippen molar-refractivity contribution in [3.8, 4) is 0 Å². The Hall–Kier alpha value is -2.52. The lowest BCUT2D eigenvalue weighted by molar-refractivity contribution is 0.0389. The monoisotopic (exact) mass is 445 g/mol. The molecule has 3 rings (SSSR count). The molecule has 0 bridgehead atoms. The number of thiocarbonyl (C=S) groups is 1. The van der Waals surface area contributed by atoms with Gasteiger partial charge in [-0.05, 0) is 42.0 Å². The van der Waals surface area contributed by atoms with Crippen molar-refractivity contribution >= 4 is 46.7 Å². The molecule has 2 aromatic carbocycles. The Morgan fingerprint density at radius 3 is 2.80 bits per heavy atom. The van der Waals surface area contributed by atoms with Crippen LogP contribution in [0.4, 0.5) is 5.69 Å². The van der Waals surface area contributed by atoms with Crippen molar-refractivity contribution in [1.29, 1.82) is 0 Å². The highest BCUT2D eigenvalue weighted by molar-refractivity contribution is 7.80. The van der Waals surface area contributed by atoms with E-state index in [9.17, 15) is 4.79 Å². The molecule has 1 fully saturated rings. The predicted octanol–water partition coefficient (Wildman–Crippen LogP) is 2.72. The van der Waals surface area contributed by atoms with Crippen LogP contribution in [0.1, 0.15) is 15.9 Å². The molecule has 1 amide bonds. The van der Waals surface area contributed by atoms with Crippen LogP contribution in [0.15, 0.2) is 53.6 Å². The molecule has 158 valence electrons. The van der Waals surface area contributed by atoms with Crippen molar-refractivity contribution in [1.82, 2.24) is 15.6 Å². The zero-order valence-electron chi connectivity index (χ0n) is 16.4. The Bertz CT molecular complexity index is 902. The fourth-order valence-electron chi connectivity index (χ4n) is 2.90. The summed E-state index contributed by atoms with van der Waals surface area (Å²) in [5.74, 6) is -0.265. The van der Waals surface area contributed by atoms with Crippen molar-refractivity contribution in [2.75, 3.05) is 44.7 Å². The van der Waals surface area contributed by atoms with Gasteiger partial charge in [0.05, 0.1) is 30.0 Å². The molecule has 7 nitrogen and oxygen atoms in total. The van der Waals surface area contributed by atoms with Crippen LogP contribution in [0.25, 0.3) is 0 Å². The Balaban J connectivity index is 1.45. The van der Waals surface area contributed by atoms with Gasteiger partial charge in [-0.15, -0.1) is 0 Å². The lowest BCUT2D eigenvalue weighted by Crippen LogP contribution is -2.42. The Morgan fingerprint density at radius 2 is 2.00 bits per heavy atom. The summed E-state index contributed by atoms with van der Waals surface area (Å²) in [6.07, 6.45) is 1.64. The maximum atomic E-state index is 12.4. The molecule has 0 atom stereocenters. The molecule has 0 spiro atoms. The number of hydrogen-bond acceptors (Lipinski definition) is 5. The maximum Gasteiger partial charge on any atom is 0.257 e. The first kappa shape index (κ1) is 22.2. The van der Waals surface area contributed by atoms with E-state index in [4.69, 9.17) is 28.6 Å². The van der Waals surface area contributed by atoms with E-state index in [0.29, 0.717) is 21.4 Å². The molecule has 1 heterocycles. The van der Waals surface area contributed by atoms with Crippen LogP contribution in [0.2, 0.25) is 5.02 Å². The SMILES string of the molecule is O=C(Nc1cccc(/C=N/NC(=S)NCCN2CCOCC2)c1)c1ccccc1Cl. The zero-order valence-corrected chi connectivity index (χ0v) is 18.0. The van der Waals surface area contributed by atoms with Crippen molar-refractivity contribution < 1.29 is 9.53 Å². The molecule has 0 unspecified atom stereocenters. The number of carbonyl (C=O) groups excluding carboxylic acids is 1. The number of benzene rings is 2.